The molecule has 32 heavy (non-hydrogen) atoms. The Morgan fingerprint density at radius 2 is 1.94 bits per heavy atom. The normalized spacial score (nSPS) is 16.5. The molecule has 0 bridgehead atoms. The number of nitrogens with one attached hydrogen (secondary N) is 2. The van der Waals surface area contributed by atoms with Crippen LogP contribution in [0.15, 0.2) is 47.4 Å². The second-order valence-corrected chi connectivity index (χ2v) is 10.1. The lowest BCUT2D eigenvalue weighted by atomic mass is 9.96. The first kappa shape index (κ1) is 24.1. The van der Waals surface area contributed by atoms with Gasteiger partial charge in [-0.2, -0.15) is 0 Å². The molecule has 0 saturated carbocycles. The zero-order valence-electron chi connectivity index (χ0n) is 18.2. The van der Waals surface area contributed by atoms with Gasteiger partial charge in [0.15, 0.2) is 0 Å². The van der Waals surface area contributed by atoms with E-state index in [9.17, 15) is 18.0 Å². The van der Waals surface area contributed by atoms with E-state index in [1.807, 2.05) is 6.92 Å². The summed E-state index contributed by atoms with van der Waals surface area (Å²) >= 11 is 5.95. The van der Waals surface area contributed by atoms with Crippen molar-refractivity contribution in [2.24, 2.45) is 5.92 Å². The number of amides is 2. The van der Waals surface area contributed by atoms with Gasteiger partial charge in [0, 0.05) is 30.2 Å². The van der Waals surface area contributed by atoms with Crippen molar-refractivity contribution in [3.63, 3.8) is 0 Å². The van der Waals surface area contributed by atoms with Crippen LogP contribution in [0.3, 0.4) is 0 Å². The molecule has 2 aromatic carbocycles. The van der Waals surface area contributed by atoms with Crippen molar-refractivity contribution >= 4 is 44.8 Å². The minimum Gasteiger partial charge on any atom is -0.342 e. The van der Waals surface area contributed by atoms with E-state index in [2.05, 4.69) is 10.0 Å². The van der Waals surface area contributed by atoms with Crippen molar-refractivity contribution in [2.75, 3.05) is 23.1 Å². The van der Waals surface area contributed by atoms with Crippen LogP contribution in [-0.2, 0) is 19.6 Å². The highest BCUT2D eigenvalue weighted by molar-refractivity contribution is 7.92. The Morgan fingerprint density at radius 1 is 1.16 bits per heavy atom. The molecule has 0 spiro atoms. The maximum absolute atomic E-state index is 12.9. The average molecular weight is 478 g/mol. The SMILES string of the molecule is CCCC(=O)N1CCCC(C(=O)Nc2ccc(C)c(S(=O)(=O)Nc3cccc(Cl)c3)c2)C1. The maximum Gasteiger partial charge on any atom is 0.262 e. The third-order valence-corrected chi connectivity index (χ3v) is 7.19. The summed E-state index contributed by atoms with van der Waals surface area (Å²) in [5.41, 5.74) is 1.29. The second kappa shape index (κ2) is 10.4. The van der Waals surface area contributed by atoms with E-state index < -0.39 is 10.0 Å². The van der Waals surface area contributed by atoms with Crippen LogP contribution >= 0.6 is 11.6 Å². The lowest BCUT2D eigenvalue weighted by molar-refractivity contribution is -0.134. The molecule has 0 aromatic heterocycles. The molecule has 1 aliphatic heterocycles. The number of likely N-dealkylation sites (tertiary alicyclic amines) is 1. The molecule has 0 aliphatic carbocycles. The molecule has 1 fully saturated rings. The van der Waals surface area contributed by atoms with Crippen LogP contribution in [0.25, 0.3) is 0 Å². The molecule has 1 aliphatic rings. The molecular formula is C23H28ClN3O4S. The molecular weight excluding hydrogens is 450 g/mol. The van der Waals surface area contributed by atoms with Gasteiger partial charge in [-0.25, -0.2) is 8.42 Å². The van der Waals surface area contributed by atoms with Gasteiger partial charge in [0.05, 0.1) is 16.5 Å². The smallest absolute Gasteiger partial charge is 0.262 e. The molecule has 3 rings (SSSR count). The van der Waals surface area contributed by atoms with Gasteiger partial charge in [-0.3, -0.25) is 14.3 Å². The van der Waals surface area contributed by atoms with Gasteiger partial charge >= 0.3 is 0 Å². The minimum absolute atomic E-state index is 0.0682. The van der Waals surface area contributed by atoms with Crippen LogP contribution in [-0.4, -0.2) is 38.2 Å². The molecule has 1 saturated heterocycles. The zero-order valence-corrected chi connectivity index (χ0v) is 19.8. The second-order valence-electron chi connectivity index (χ2n) is 8.01. The van der Waals surface area contributed by atoms with Crippen molar-refractivity contribution in [3.05, 3.63) is 53.1 Å². The third-order valence-electron chi connectivity index (χ3n) is 5.43. The first-order chi connectivity index (χ1) is 15.2. The predicted molar refractivity (Wildman–Crippen MR) is 126 cm³/mol. The van der Waals surface area contributed by atoms with Crippen LogP contribution in [0.1, 0.15) is 38.2 Å². The fourth-order valence-electron chi connectivity index (χ4n) is 3.76. The fourth-order valence-corrected chi connectivity index (χ4v) is 5.27. The highest BCUT2D eigenvalue weighted by Crippen LogP contribution is 2.25. The molecule has 0 radical (unpaired) electrons. The summed E-state index contributed by atoms with van der Waals surface area (Å²) in [7, 11) is -3.88. The van der Waals surface area contributed by atoms with Crippen molar-refractivity contribution < 1.29 is 18.0 Å². The highest BCUT2D eigenvalue weighted by Gasteiger charge is 2.28. The summed E-state index contributed by atoms with van der Waals surface area (Å²) in [6, 6.07) is 11.2. The number of sulfonamides is 1. The van der Waals surface area contributed by atoms with Gasteiger partial charge in [0.25, 0.3) is 10.0 Å². The van der Waals surface area contributed by atoms with Gasteiger partial charge in [-0.1, -0.05) is 30.7 Å². The van der Waals surface area contributed by atoms with Crippen LogP contribution in [0, 0.1) is 12.8 Å². The molecule has 2 amide bonds. The average Bonchev–Trinajstić information content (AvgIpc) is 2.75. The van der Waals surface area contributed by atoms with E-state index in [4.69, 9.17) is 11.6 Å². The van der Waals surface area contributed by atoms with Crippen LogP contribution < -0.4 is 10.0 Å². The molecule has 7 nitrogen and oxygen atoms in total. The van der Waals surface area contributed by atoms with E-state index in [-0.39, 0.29) is 22.6 Å². The number of nitrogens with zero attached hydrogens (tertiary/aromatic N) is 1. The Kier molecular flexibility index (Phi) is 7.79. The summed E-state index contributed by atoms with van der Waals surface area (Å²) in [4.78, 5) is 26.9. The van der Waals surface area contributed by atoms with E-state index >= 15 is 0 Å². The topological polar surface area (TPSA) is 95.6 Å². The van der Waals surface area contributed by atoms with Crippen LogP contribution in [0.2, 0.25) is 5.02 Å². The van der Waals surface area contributed by atoms with E-state index in [1.54, 1.807) is 42.2 Å². The number of piperidine rings is 1. The lowest BCUT2D eigenvalue weighted by Gasteiger charge is -2.32. The molecule has 172 valence electrons. The summed E-state index contributed by atoms with van der Waals surface area (Å²) < 4.78 is 28.4. The molecule has 9 heteroatoms. The number of rotatable bonds is 7. The minimum atomic E-state index is -3.88. The van der Waals surface area contributed by atoms with Crippen LogP contribution in [0.5, 0.6) is 0 Å². The van der Waals surface area contributed by atoms with Crippen molar-refractivity contribution in [2.45, 2.75) is 44.4 Å². The van der Waals surface area contributed by atoms with Crippen molar-refractivity contribution in [3.8, 4) is 0 Å². The number of hydrogen-bond acceptors (Lipinski definition) is 4. The highest BCUT2D eigenvalue weighted by atomic mass is 35.5. The van der Waals surface area contributed by atoms with Gasteiger partial charge in [0.1, 0.15) is 0 Å². The summed E-state index contributed by atoms with van der Waals surface area (Å²) in [6.45, 7) is 4.70. The van der Waals surface area contributed by atoms with Gasteiger partial charge in [-0.15, -0.1) is 0 Å². The number of carbonyl (C=O) groups excluding carboxylic acids is 2. The summed E-state index contributed by atoms with van der Waals surface area (Å²) in [6.07, 6.45) is 2.71. The Morgan fingerprint density at radius 3 is 2.66 bits per heavy atom. The van der Waals surface area contributed by atoms with Crippen molar-refractivity contribution in [1.29, 1.82) is 0 Å². The van der Waals surface area contributed by atoms with Gasteiger partial charge < -0.3 is 10.2 Å². The summed E-state index contributed by atoms with van der Waals surface area (Å²) in [5.74, 6) is -0.467. The molecule has 2 aromatic rings. The van der Waals surface area contributed by atoms with Crippen molar-refractivity contribution in [1.82, 2.24) is 4.90 Å². The van der Waals surface area contributed by atoms with Gasteiger partial charge in [0.2, 0.25) is 11.8 Å². The van der Waals surface area contributed by atoms with Gasteiger partial charge in [-0.05, 0) is 62.1 Å². The number of anilines is 2. The monoisotopic (exact) mass is 477 g/mol. The Bertz CT molecular complexity index is 1100. The molecule has 2 N–H and O–H groups in total. The Labute approximate surface area is 194 Å². The Hall–Kier alpha value is -2.58. The fraction of sp³-hybridized carbons (Fsp3) is 0.391. The maximum atomic E-state index is 12.9. The largest absolute Gasteiger partial charge is 0.342 e. The number of hydrogen-bond donors (Lipinski definition) is 2. The number of aryl methyl sites for hydroxylation is 1. The Balaban J connectivity index is 1.74. The predicted octanol–water partition coefficient (Wildman–Crippen LogP) is 4.43. The molecule has 1 unspecified atom stereocenters. The number of halogens is 1. The zero-order chi connectivity index (χ0) is 23.3. The summed E-state index contributed by atoms with van der Waals surface area (Å²) in [5, 5.41) is 3.24. The first-order valence-electron chi connectivity index (χ1n) is 10.7. The van der Waals surface area contributed by atoms with E-state index in [0.29, 0.717) is 47.9 Å². The quantitative estimate of drug-likeness (QED) is 0.616. The van der Waals surface area contributed by atoms with E-state index in [0.717, 1.165) is 12.8 Å². The number of benzene rings is 2. The number of carbonyl (C=O) groups is 2. The molecule has 1 heterocycles. The standard InChI is InChI=1S/C23H28ClN3O4S/c1-3-6-22(28)27-12-5-7-17(15-27)23(29)25-19-11-10-16(2)21(14-19)32(30,31)26-20-9-4-8-18(24)13-20/h4,8-11,13-14,17,26H,3,5-7,12,15H2,1-2H3,(H,25,29). The molecule has 1 atom stereocenters. The van der Waals surface area contributed by atoms with Crippen LogP contribution in [0.4, 0.5) is 11.4 Å². The van der Waals surface area contributed by atoms with E-state index in [1.165, 1.54) is 12.1 Å². The lowest BCUT2D eigenvalue weighted by Crippen LogP contribution is -2.43. The first-order valence-corrected chi connectivity index (χ1v) is 12.5. The third kappa shape index (κ3) is 6.01.